The number of carboxylic acid groups (broad SMARTS) is 1. The molecule has 0 radical (unpaired) electrons. The number of carboxylic acids is 1. The van der Waals surface area contributed by atoms with Crippen molar-refractivity contribution in [3.63, 3.8) is 0 Å². The summed E-state index contributed by atoms with van der Waals surface area (Å²) in [6.45, 7) is 6.62. The molecule has 0 bridgehead atoms. The number of rotatable bonds is 11. The van der Waals surface area contributed by atoms with Gasteiger partial charge in [0.1, 0.15) is 17.1 Å². The van der Waals surface area contributed by atoms with Crippen LogP contribution in [0.4, 0.5) is 11.5 Å². The van der Waals surface area contributed by atoms with Crippen molar-refractivity contribution >= 4 is 51.1 Å². The van der Waals surface area contributed by atoms with Crippen molar-refractivity contribution in [3.05, 3.63) is 100 Å². The zero-order valence-corrected chi connectivity index (χ0v) is 28.8. The third-order valence-electron chi connectivity index (χ3n) is 9.50. The average molecular weight is 691 g/mol. The number of aliphatic hydroxyl groups is 1. The molecule has 4 N–H and O–H groups in total. The van der Waals surface area contributed by atoms with Gasteiger partial charge in [-0.2, -0.15) is 0 Å². The van der Waals surface area contributed by atoms with Crippen LogP contribution in [-0.2, 0) is 17.9 Å². The Kier molecular flexibility index (Phi) is 9.78. The van der Waals surface area contributed by atoms with Crippen LogP contribution in [0, 0.1) is 13.8 Å². The number of anilines is 2. The predicted molar refractivity (Wildman–Crippen MR) is 197 cm³/mol. The quantitative estimate of drug-likeness (QED) is 0.100. The number of nitrogens with zero attached hydrogens (tertiary/aromatic N) is 4. The fraction of sp³-hybridized carbons (Fsp3) is 0.282. The molecule has 1 aliphatic rings. The molecule has 1 atom stereocenters. The maximum Gasteiger partial charge on any atom is 0.320 e. The molecule has 1 saturated heterocycles. The van der Waals surface area contributed by atoms with Gasteiger partial charge in [-0.15, -0.1) is 0 Å². The third-order valence-corrected chi connectivity index (χ3v) is 9.78. The molecule has 0 saturated carbocycles. The first-order valence-corrected chi connectivity index (χ1v) is 17.3. The molecular weight excluding hydrogens is 652 g/mol. The van der Waals surface area contributed by atoms with Crippen molar-refractivity contribution in [2.75, 3.05) is 25.0 Å². The molecule has 3 aromatic carbocycles. The molecule has 0 spiro atoms. The molecule has 0 aliphatic carbocycles. The second-order valence-electron chi connectivity index (χ2n) is 12.8. The maximum atomic E-state index is 11.9. The van der Waals surface area contributed by atoms with Gasteiger partial charge in [0.25, 0.3) is 0 Å². The lowest BCUT2D eigenvalue weighted by Gasteiger charge is -2.32. The number of aliphatic hydroxyl groups excluding tert-OH is 1. The van der Waals surface area contributed by atoms with Gasteiger partial charge in [0.05, 0.1) is 11.6 Å². The van der Waals surface area contributed by atoms with Gasteiger partial charge in [-0.05, 0) is 103 Å². The van der Waals surface area contributed by atoms with Crippen LogP contribution in [-0.4, -0.2) is 61.8 Å². The van der Waals surface area contributed by atoms with Crippen LogP contribution < -0.4 is 10.6 Å². The molecule has 1 unspecified atom stereocenters. The van der Waals surface area contributed by atoms with E-state index in [0.717, 1.165) is 74.9 Å². The highest BCUT2D eigenvalue weighted by Gasteiger charge is 2.28. The second-order valence-corrected chi connectivity index (χ2v) is 13.2. The summed E-state index contributed by atoms with van der Waals surface area (Å²) < 4.78 is 6.28. The number of fused-ring (bicyclic) bond motifs is 2. The molecule has 4 heterocycles. The number of likely N-dealkylation sites (tertiary alicyclic amines) is 1. The number of nitrogens with one attached hydrogen (secondary N) is 2. The summed E-state index contributed by atoms with van der Waals surface area (Å²) in [7, 11) is 0. The van der Waals surface area contributed by atoms with E-state index in [0.29, 0.717) is 53.9 Å². The minimum Gasteiger partial charge on any atom is -0.480 e. The van der Waals surface area contributed by atoms with Gasteiger partial charge in [0, 0.05) is 48.7 Å². The molecule has 10 nitrogen and oxygen atoms in total. The zero-order valence-electron chi connectivity index (χ0n) is 28.0. The second kappa shape index (κ2) is 14.5. The summed E-state index contributed by atoms with van der Waals surface area (Å²) in [4.78, 5) is 28.1. The van der Waals surface area contributed by atoms with Gasteiger partial charge >= 0.3 is 5.97 Å². The first-order chi connectivity index (χ1) is 24.3. The Bertz CT molecular complexity index is 2200. The summed E-state index contributed by atoms with van der Waals surface area (Å²) in [5.41, 5.74) is 9.83. The van der Waals surface area contributed by atoms with E-state index >= 15 is 0 Å². The smallest absolute Gasteiger partial charge is 0.320 e. The van der Waals surface area contributed by atoms with Gasteiger partial charge < -0.3 is 25.3 Å². The summed E-state index contributed by atoms with van der Waals surface area (Å²) in [5.74, 6) is 0.362. The highest BCUT2D eigenvalue weighted by Crippen LogP contribution is 2.38. The lowest BCUT2D eigenvalue weighted by molar-refractivity contribution is -0.144. The molecule has 1 aliphatic heterocycles. The highest BCUT2D eigenvalue weighted by atomic mass is 35.5. The molecule has 7 rings (SSSR count). The number of piperidine rings is 1. The van der Waals surface area contributed by atoms with Crippen LogP contribution in [0.25, 0.3) is 44.6 Å². The molecule has 0 amide bonds. The molecule has 6 aromatic rings. The number of aromatic nitrogens is 3. The number of hydrogen-bond donors (Lipinski definition) is 4. The van der Waals surface area contributed by atoms with Crippen molar-refractivity contribution in [2.45, 2.75) is 52.2 Å². The van der Waals surface area contributed by atoms with Crippen molar-refractivity contribution in [1.82, 2.24) is 25.2 Å². The number of oxazole rings is 1. The zero-order chi connectivity index (χ0) is 34.8. The minimum absolute atomic E-state index is 0.0891. The Morgan fingerprint density at radius 3 is 2.62 bits per heavy atom. The highest BCUT2D eigenvalue weighted by molar-refractivity contribution is 6.34. The van der Waals surface area contributed by atoms with Crippen LogP contribution in [0.1, 0.15) is 41.5 Å². The lowest BCUT2D eigenvalue weighted by atomic mass is 9.93. The van der Waals surface area contributed by atoms with E-state index in [9.17, 15) is 9.90 Å². The van der Waals surface area contributed by atoms with E-state index in [1.54, 1.807) is 6.20 Å². The molecule has 11 heteroatoms. The Labute approximate surface area is 295 Å². The number of hydrogen-bond acceptors (Lipinski definition) is 9. The Balaban J connectivity index is 1.17. The van der Waals surface area contributed by atoms with Crippen molar-refractivity contribution in [2.24, 2.45) is 0 Å². The normalized spacial score (nSPS) is 15.2. The van der Waals surface area contributed by atoms with Gasteiger partial charge in [-0.1, -0.05) is 42.3 Å². The van der Waals surface area contributed by atoms with E-state index in [-0.39, 0.29) is 6.61 Å². The fourth-order valence-electron chi connectivity index (χ4n) is 6.90. The van der Waals surface area contributed by atoms with E-state index < -0.39 is 12.0 Å². The van der Waals surface area contributed by atoms with Crippen LogP contribution in [0.3, 0.4) is 0 Å². The van der Waals surface area contributed by atoms with E-state index in [1.165, 1.54) is 0 Å². The lowest BCUT2D eigenvalue weighted by Crippen LogP contribution is -2.43. The van der Waals surface area contributed by atoms with Crippen molar-refractivity contribution in [1.29, 1.82) is 0 Å². The molecule has 50 heavy (non-hydrogen) atoms. The topological polar surface area (TPSA) is 137 Å². The van der Waals surface area contributed by atoms with Crippen LogP contribution in [0.2, 0.25) is 5.02 Å². The monoisotopic (exact) mass is 690 g/mol. The van der Waals surface area contributed by atoms with Gasteiger partial charge in [0.15, 0.2) is 11.4 Å². The third kappa shape index (κ3) is 6.80. The summed E-state index contributed by atoms with van der Waals surface area (Å²) in [5, 5.41) is 27.0. The number of benzene rings is 3. The number of aliphatic carboxylic acids is 1. The van der Waals surface area contributed by atoms with Crippen molar-refractivity contribution in [3.8, 4) is 22.6 Å². The summed E-state index contributed by atoms with van der Waals surface area (Å²) >= 11 is 6.72. The Morgan fingerprint density at radius 1 is 1.00 bits per heavy atom. The maximum absolute atomic E-state index is 11.9. The van der Waals surface area contributed by atoms with Crippen LogP contribution >= 0.6 is 11.6 Å². The molecule has 256 valence electrons. The Hall–Kier alpha value is -4.87. The minimum atomic E-state index is -0.784. The van der Waals surface area contributed by atoms with E-state index in [2.05, 4.69) is 47.7 Å². The first kappa shape index (κ1) is 33.6. The fourth-order valence-corrected chi connectivity index (χ4v) is 7.18. The van der Waals surface area contributed by atoms with Gasteiger partial charge in [-0.25, -0.2) is 9.97 Å². The number of carbonyl (C=O) groups is 1. The first-order valence-electron chi connectivity index (χ1n) is 16.9. The van der Waals surface area contributed by atoms with Crippen molar-refractivity contribution < 1.29 is 19.4 Å². The van der Waals surface area contributed by atoms with E-state index in [4.69, 9.17) is 31.1 Å². The largest absolute Gasteiger partial charge is 0.480 e. The van der Waals surface area contributed by atoms with Gasteiger partial charge in [0.2, 0.25) is 5.89 Å². The SMILES string of the molecule is Cc1c(Nc2nccc3cc(CNCCO)cnc23)cccc1-c1cccc(-c2nc3cc(CN4CCCCC4C(=O)O)cc(Cl)c3o2)c1C. The Morgan fingerprint density at radius 2 is 1.80 bits per heavy atom. The van der Waals surface area contributed by atoms with Crippen LogP contribution in [0.15, 0.2) is 77.5 Å². The summed E-state index contributed by atoms with van der Waals surface area (Å²) in [6.07, 6.45) is 6.16. The molecule has 3 aromatic heterocycles. The van der Waals surface area contributed by atoms with Crippen LogP contribution in [0.5, 0.6) is 0 Å². The summed E-state index contributed by atoms with van der Waals surface area (Å²) in [6, 6.07) is 19.6. The standard InChI is InChI=1S/C39H39ClN6O4/c1-23-28(29-8-6-10-32(24(29)2)44-37-35-27(12-13-42-37)17-26(21-43-35)20-41-14-16-47)7-5-9-30(23)38-45-33-19-25(18-31(40)36(33)50-38)22-46-15-4-3-11-34(46)39(48)49/h5-10,12-13,17-19,21,34,41,47H,3-4,11,14-16,20,22H2,1-2H3,(H,42,44)(H,48,49). The van der Waals surface area contributed by atoms with E-state index in [1.807, 2.05) is 53.6 Å². The molecule has 1 fully saturated rings. The molecular formula is C39H39ClN6O4. The van der Waals surface area contributed by atoms with Gasteiger partial charge in [-0.3, -0.25) is 14.7 Å². The average Bonchev–Trinajstić information content (AvgIpc) is 3.54. The predicted octanol–water partition coefficient (Wildman–Crippen LogP) is 7.64. The number of pyridine rings is 2. The number of halogens is 1.